The fourth-order valence-electron chi connectivity index (χ4n) is 2.14. The van der Waals surface area contributed by atoms with Crippen molar-refractivity contribution in [2.45, 2.75) is 77.9 Å². The van der Waals surface area contributed by atoms with Crippen LogP contribution in [0.2, 0.25) is 12.6 Å². The van der Waals surface area contributed by atoms with Crippen LogP contribution in [-0.4, -0.2) is 6.71 Å². The van der Waals surface area contributed by atoms with Crippen molar-refractivity contribution in [2.75, 3.05) is 0 Å². The molecule has 0 saturated heterocycles. The standard InChI is InChI=1S/C15H29B/c1-4-7-9-11-14-16(13-6-3)15-12-10-8-5-2/h13H,3-5,7-12,14-15H2,1-2H3. The molecule has 0 aliphatic heterocycles. The second-order valence-corrected chi connectivity index (χ2v) is 4.83. The van der Waals surface area contributed by atoms with E-state index >= 15 is 0 Å². The number of hydrogen-bond acceptors (Lipinski definition) is 0. The first kappa shape index (κ1) is 15.6. The van der Waals surface area contributed by atoms with Gasteiger partial charge in [-0.3, -0.25) is 0 Å². The number of hydrogen-bond donors (Lipinski definition) is 0. The summed E-state index contributed by atoms with van der Waals surface area (Å²) in [5, 5.41) is 0. The molecule has 16 heavy (non-hydrogen) atoms. The van der Waals surface area contributed by atoms with Crippen molar-refractivity contribution in [1.82, 2.24) is 0 Å². The average Bonchev–Trinajstić information content (AvgIpc) is 2.30. The lowest BCUT2D eigenvalue weighted by Crippen LogP contribution is -2.08. The molecular formula is C15H29B. The molecule has 0 spiro atoms. The zero-order chi connectivity index (χ0) is 12.1. The Morgan fingerprint density at radius 1 is 0.875 bits per heavy atom. The van der Waals surface area contributed by atoms with Crippen molar-refractivity contribution < 1.29 is 0 Å². The van der Waals surface area contributed by atoms with Gasteiger partial charge < -0.3 is 0 Å². The molecule has 0 saturated carbocycles. The van der Waals surface area contributed by atoms with Crippen LogP contribution in [0.3, 0.4) is 0 Å². The van der Waals surface area contributed by atoms with Crippen LogP contribution in [0.1, 0.15) is 65.2 Å². The van der Waals surface area contributed by atoms with E-state index in [9.17, 15) is 0 Å². The average molecular weight is 220 g/mol. The maximum absolute atomic E-state index is 3.71. The van der Waals surface area contributed by atoms with Crippen LogP contribution in [0.5, 0.6) is 0 Å². The van der Waals surface area contributed by atoms with Crippen molar-refractivity contribution in [2.24, 2.45) is 0 Å². The van der Waals surface area contributed by atoms with E-state index in [1.807, 2.05) is 0 Å². The normalized spacial score (nSPS) is 9.88. The Morgan fingerprint density at radius 3 is 1.75 bits per heavy atom. The molecule has 0 rings (SSSR count). The van der Waals surface area contributed by atoms with Gasteiger partial charge in [-0.25, -0.2) is 0 Å². The molecule has 92 valence electrons. The van der Waals surface area contributed by atoms with E-state index in [1.54, 1.807) is 0 Å². The lowest BCUT2D eigenvalue weighted by atomic mass is 9.44. The predicted molar refractivity (Wildman–Crippen MR) is 77.4 cm³/mol. The molecule has 1 heteroatoms. The van der Waals surface area contributed by atoms with Crippen molar-refractivity contribution in [3.63, 3.8) is 0 Å². The fourth-order valence-corrected chi connectivity index (χ4v) is 2.14. The number of rotatable bonds is 11. The highest BCUT2D eigenvalue weighted by Gasteiger charge is 2.08. The molecule has 0 bridgehead atoms. The largest absolute Gasteiger partial charge is 0.176 e. The van der Waals surface area contributed by atoms with E-state index in [-0.39, 0.29) is 0 Å². The Balaban J connectivity index is 3.58. The Hall–Kier alpha value is -0.415. The lowest BCUT2D eigenvalue weighted by Gasteiger charge is -2.08. The summed E-state index contributed by atoms with van der Waals surface area (Å²) >= 11 is 0. The molecule has 0 aromatic carbocycles. The third-order valence-corrected chi connectivity index (χ3v) is 3.21. The molecule has 0 unspecified atom stereocenters. The van der Waals surface area contributed by atoms with Gasteiger partial charge in [0.2, 0.25) is 0 Å². The highest BCUT2D eigenvalue weighted by Crippen LogP contribution is 2.13. The van der Waals surface area contributed by atoms with Gasteiger partial charge in [-0.2, -0.15) is 0 Å². The second kappa shape index (κ2) is 12.7. The minimum atomic E-state index is 0.742. The smallest absolute Gasteiger partial charge is 0.143 e. The molecule has 0 aliphatic carbocycles. The van der Waals surface area contributed by atoms with Crippen LogP contribution in [-0.2, 0) is 0 Å². The first-order valence-corrected chi connectivity index (χ1v) is 7.21. The molecule has 0 heterocycles. The summed E-state index contributed by atoms with van der Waals surface area (Å²) in [6.07, 6.45) is 13.7. The topological polar surface area (TPSA) is 0 Å². The first-order valence-electron chi connectivity index (χ1n) is 7.21. The van der Waals surface area contributed by atoms with Gasteiger partial charge in [-0.1, -0.05) is 90.4 Å². The van der Waals surface area contributed by atoms with E-state index in [1.165, 1.54) is 64.0 Å². The van der Waals surface area contributed by atoms with Gasteiger partial charge in [0.1, 0.15) is 0 Å². The van der Waals surface area contributed by atoms with Gasteiger partial charge in [-0.15, -0.1) is 5.73 Å². The Kier molecular flexibility index (Phi) is 12.3. The third kappa shape index (κ3) is 10.1. The van der Waals surface area contributed by atoms with Crippen molar-refractivity contribution in [3.8, 4) is 0 Å². The summed E-state index contributed by atoms with van der Waals surface area (Å²) in [4.78, 5) is 0. The van der Waals surface area contributed by atoms with Gasteiger partial charge in [0.25, 0.3) is 0 Å². The van der Waals surface area contributed by atoms with Crippen molar-refractivity contribution in [3.05, 3.63) is 18.3 Å². The van der Waals surface area contributed by atoms with Gasteiger partial charge in [0.15, 0.2) is 6.71 Å². The minimum absolute atomic E-state index is 0.742. The fraction of sp³-hybridized carbons (Fsp3) is 0.800. The lowest BCUT2D eigenvalue weighted by molar-refractivity contribution is 0.687. The van der Waals surface area contributed by atoms with Crippen LogP contribution < -0.4 is 0 Å². The highest BCUT2D eigenvalue weighted by molar-refractivity contribution is 6.64. The summed E-state index contributed by atoms with van der Waals surface area (Å²) in [5.74, 6) is 2.19. The van der Waals surface area contributed by atoms with Crippen LogP contribution in [0, 0.1) is 0 Å². The molecular weight excluding hydrogens is 191 g/mol. The highest BCUT2D eigenvalue weighted by atomic mass is 13.9. The van der Waals surface area contributed by atoms with E-state index < -0.39 is 0 Å². The third-order valence-electron chi connectivity index (χ3n) is 3.21. The predicted octanol–water partition coefficient (Wildman–Crippen LogP) is 5.52. The zero-order valence-electron chi connectivity index (χ0n) is 11.4. The monoisotopic (exact) mass is 220 g/mol. The summed E-state index contributed by atoms with van der Waals surface area (Å²) in [5.41, 5.74) is 2.97. The van der Waals surface area contributed by atoms with E-state index in [0.29, 0.717) is 0 Å². The van der Waals surface area contributed by atoms with E-state index in [2.05, 4.69) is 32.1 Å². The van der Waals surface area contributed by atoms with Gasteiger partial charge in [-0.05, 0) is 0 Å². The maximum atomic E-state index is 3.71. The van der Waals surface area contributed by atoms with Gasteiger partial charge in [0, 0.05) is 0 Å². The van der Waals surface area contributed by atoms with Crippen LogP contribution in [0.25, 0.3) is 0 Å². The van der Waals surface area contributed by atoms with Crippen molar-refractivity contribution >= 4 is 6.71 Å². The minimum Gasteiger partial charge on any atom is -0.143 e. The second-order valence-electron chi connectivity index (χ2n) is 4.83. The van der Waals surface area contributed by atoms with E-state index in [4.69, 9.17) is 0 Å². The Morgan fingerprint density at radius 2 is 1.38 bits per heavy atom. The maximum Gasteiger partial charge on any atom is 0.176 e. The van der Waals surface area contributed by atoms with Crippen LogP contribution >= 0.6 is 0 Å². The van der Waals surface area contributed by atoms with E-state index in [0.717, 1.165) is 6.71 Å². The molecule has 0 nitrogen and oxygen atoms in total. The molecule has 0 amide bonds. The van der Waals surface area contributed by atoms with Gasteiger partial charge >= 0.3 is 0 Å². The number of unbranched alkanes of at least 4 members (excludes halogenated alkanes) is 6. The van der Waals surface area contributed by atoms with Crippen LogP contribution in [0.4, 0.5) is 0 Å². The first-order chi connectivity index (χ1) is 7.85. The molecule has 0 N–H and O–H groups in total. The summed E-state index contributed by atoms with van der Waals surface area (Å²) in [6, 6.07) is 0. The Bertz CT molecular complexity index is 168. The molecule has 0 aliphatic rings. The van der Waals surface area contributed by atoms with Gasteiger partial charge in [0.05, 0.1) is 0 Å². The summed E-state index contributed by atoms with van der Waals surface area (Å²) in [6.45, 7) is 8.99. The molecule has 0 radical (unpaired) electrons. The quantitative estimate of drug-likeness (QED) is 0.244. The SMILES string of the molecule is C=C=CB(CCCCCC)CCCCCC. The molecule has 0 aromatic heterocycles. The van der Waals surface area contributed by atoms with Crippen molar-refractivity contribution in [1.29, 1.82) is 0 Å². The Labute approximate surface area is 103 Å². The summed E-state index contributed by atoms with van der Waals surface area (Å²) in [7, 11) is 0. The molecule has 0 atom stereocenters. The zero-order valence-corrected chi connectivity index (χ0v) is 11.4. The molecule has 0 fully saturated rings. The summed E-state index contributed by atoms with van der Waals surface area (Å²) < 4.78 is 0. The van der Waals surface area contributed by atoms with Crippen LogP contribution in [0.15, 0.2) is 18.3 Å². The molecule has 0 aromatic rings.